The van der Waals surface area contributed by atoms with Crippen molar-refractivity contribution in [3.63, 3.8) is 0 Å². The summed E-state index contributed by atoms with van der Waals surface area (Å²) in [4.78, 5) is 32.7. The number of piperidine rings is 1. The first-order valence-electron chi connectivity index (χ1n) is 8.57. The van der Waals surface area contributed by atoms with E-state index in [2.05, 4.69) is 15.2 Å². The summed E-state index contributed by atoms with van der Waals surface area (Å²) in [6.45, 7) is 4.06. The minimum absolute atomic E-state index is 0.172. The Kier molecular flexibility index (Phi) is 5.38. The van der Waals surface area contributed by atoms with Crippen LogP contribution < -0.4 is 5.32 Å². The molecule has 23 heavy (non-hydrogen) atoms. The van der Waals surface area contributed by atoms with Gasteiger partial charge < -0.3 is 10.2 Å². The van der Waals surface area contributed by atoms with E-state index in [4.69, 9.17) is 12.2 Å². The second-order valence-electron chi connectivity index (χ2n) is 6.52. The lowest BCUT2D eigenvalue weighted by Crippen LogP contribution is -2.58. The third-order valence-electron chi connectivity index (χ3n) is 4.61. The Bertz CT molecular complexity index is 512. The summed E-state index contributed by atoms with van der Waals surface area (Å²) in [5.41, 5.74) is 0. The molecule has 1 atom stereocenters. The smallest absolute Gasteiger partial charge is 0.247 e. The fourth-order valence-electron chi connectivity index (χ4n) is 3.16. The van der Waals surface area contributed by atoms with Crippen molar-refractivity contribution in [3.8, 4) is 0 Å². The summed E-state index contributed by atoms with van der Waals surface area (Å²) < 4.78 is 0. The molecular weight excluding hydrogens is 312 g/mol. The van der Waals surface area contributed by atoms with Gasteiger partial charge in [0.05, 0.1) is 0 Å². The van der Waals surface area contributed by atoms with Crippen molar-refractivity contribution in [1.82, 2.24) is 15.1 Å². The molecule has 1 aliphatic carbocycles. The Balaban J connectivity index is 1.46. The zero-order valence-electron chi connectivity index (χ0n) is 13.4. The van der Waals surface area contributed by atoms with E-state index in [-0.39, 0.29) is 23.0 Å². The lowest BCUT2D eigenvalue weighted by atomic mass is 10.1. The van der Waals surface area contributed by atoms with E-state index >= 15 is 0 Å². The van der Waals surface area contributed by atoms with E-state index in [1.54, 1.807) is 4.90 Å². The predicted molar refractivity (Wildman–Crippen MR) is 92.4 cm³/mol. The van der Waals surface area contributed by atoms with Gasteiger partial charge in [0.15, 0.2) is 11.0 Å². The maximum Gasteiger partial charge on any atom is 0.247 e. The topological polar surface area (TPSA) is 65.0 Å². The second kappa shape index (κ2) is 7.49. The molecular formula is C16H24N4O2S. The van der Waals surface area contributed by atoms with Gasteiger partial charge in [0, 0.05) is 18.8 Å². The lowest BCUT2D eigenvalue weighted by Gasteiger charge is -2.30. The maximum absolute atomic E-state index is 12.4. The number of amides is 2. The van der Waals surface area contributed by atoms with Crippen molar-refractivity contribution in [2.45, 2.75) is 44.6 Å². The first-order chi connectivity index (χ1) is 11.2. The number of rotatable bonds is 6. The molecule has 126 valence electrons. The van der Waals surface area contributed by atoms with E-state index < -0.39 is 5.92 Å². The van der Waals surface area contributed by atoms with Crippen molar-refractivity contribution < 1.29 is 9.59 Å². The predicted octanol–water partition coefficient (Wildman–Crippen LogP) is 0.955. The number of likely N-dealkylation sites (tertiary alicyclic amines) is 1. The van der Waals surface area contributed by atoms with Crippen LogP contribution in [-0.2, 0) is 9.59 Å². The van der Waals surface area contributed by atoms with Crippen molar-refractivity contribution in [2.24, 2.45) is 10.9 Å². The third kappa shape index (κ3) is 4.14. The van der Waals surface area contributed by atoms with Crippen LogP contribution in [0.15, 0.2) is 4.99 Å². The molecule has 7 heteroatoms. The molecule has 0 aromatic carbocycles. The van der Waals surface area contributed by atoms with Gasteiger partial charge in [0.2, 0.25) is 11.8 Å². The van der Waals surface area contributed by atoms with Gasteiger partial charge in [0.1, 0.15) is 0 Å². The van der Waals surface area contributed by atoms with Crippen molar-refractivity contribution in [1.29, 1.82) is 0 Å². The van der Waals surface area contributed by atoms with Crippen LogP contribution in [0.25, 0.3) is 0 Å². The van der Waals surface area contributed by atoms with Gasteiger partial charge in [-0.2, -0.15) is 0 Å². The van der Waals surface area contributed by atoms with Crippen molar-refractivity contribution in [2.75, 3.05) is 26.2 Å². The van der Waals surface area contributed by atoms with E-state index in [1.807, 2.05) is 0 Å². The van der Waals surface area contributed by atoms with E-state index in [9.17, 15) is 9.59 Å². The second-order valence-corrected chi connectivity index (χ2v) is 6.91. The molecule has 0 aromatic heterocycles. The summed E-state index contributed by atoms with van der Waals surface area (Å²) in [5.74, 6) is -1.39. The number of nitrogens with one attached hydrogen (secondary N) is 1. The maximum atomic E-state index is 12.4. The average molecular weight is 336 g/mol. The molecule has 3 rings (SSSR count). The SMILES string of the molecule is O=C1NC(=S)N(C2CC2)C(=O)C1C=NCCCN1CCCCC1. The Morgan fingerprint density at radius 1 is 1.22 bits per heavy atom. The van der Waals surface area contributed by atoms with Gasteiger partial charge in [-0.05, 0) is 64.0 Å². The Morgan fingerprint density at radius 2 is 1.96 bits per heavy atom. The number of carbonyl (C=O) groups is 2. The number of aliphatic imine (C=N–C) groups is 1. The number of thiocarbonyl (C=S) groups is 1. The first-order valence-corrected chi connectivity index (χ1v) is 8.98. The number of hydrogen-bond donors (Lipinski definition) is 1. The van der Waals surface area contributed by atoms with Gasteiger partial charge in [-0.25, -0.2) is 0 Å². The van der Waals surface area contributed by atoms with Gasteiger partial charge >= 0.3 is 0 Å². The molecule has 1 saturated carbocycles. The highest BCUT2D eigenvalue weighted by Crippen LogP contribution is 2.29. The molecule has 2 amide bonds. The molecule has 3 fully saturated rings. The molecule has 0 bridgehead atoms. The van der Waals surface area contributed by atoms with Gasteiger partial charge in [-0.15, -0.1) is 0 Å². The van der Waals surface area contributed by atoms with Gasteiger partial charge in [-0.1, -0.05) is 6.42 Å². The summed E-state index contributed by atoms with van der Waals surface area (Å²) in [6.07, 6.45) is 8.30. The first kappa shape index (κ1) is 16.5. The minimum Gasteiger partial charge on any atom is -0.303 e. The molecule has 2 aliphatic heterocycles. The van der Waals surface area contributed by atoms with Crippen LogP contribution in [0.3, 0.4) is 0 Å². The van der Waals surface area contributed by atoms with Crippen LogP contribution in [0.2, 0.25) is 0 Å². The highest BCUT2D eigenvalue weighted by Gasteiger charge is 2.44. The van der Waals surface area contributed by atoms with Crippen molar-refractivity contribution >= 4 is 35.4 Å². The molecule has 1 unspecified atom stereocenters. The Labute approximate surface area is 142 Å². The quantitative estimate of drug-likeness (QED) is 0.340. The lowest BCUT2D eigenvalue weighted by molar-refractivity contribution is -0.138. The summed E-state index contributed by atoms with van der Waals surface area (Å²) >= 11 is 5.10. The number of nitrogens with zero attached hydrogens (tertiary/aromatic N) is 3. The average Bonchev–Trinajstić information content (AvgIpc) is 3.35. The highest BCUT2D eigenvalue weighted by atomic mass is 32.1. The molecule has 0 spiro atoms. The van der Waals surface area contributed by atoms with Crippen LogP contribution in [0.4, 0.5) is 0 Å². The van der Waals surface area contributed by atoms with Crippen LogP contribution in [-0.4, -0.2) is 65.2 Å². The Morgan fingerprint density at radius 3 is 2.65 bits per heavy atom. The van der Waals surface area contributed by atoms with E-state index in [0.717, 1.165) is 25.8 Å². The summed E-state index contributed by atoms with van der Waals surface area (Å²) in [7, 11) is 0. The zero-order chi connectivity index (χ0) is 16.2. The normalized spacial score (nSPS) is 26.9. The van der Waals surface area contributed by atoms with E-state index in [1.165, 1.54) is 38.6 Å². The fourth-order valence-corrected chi connectivity index (χ4v) is 3.50. The monoisotopic (exact) mass is 336 g/mol. The molecule has 0 radical (unpaired) electrons. The molecule has 2 saturated heterocycles. The summed E-state index contributed by atoms with van der Waals surface area (Å²) in [6, 6.07) is 0.172. The van der Waals surface area contributed by atoms with Crippen LogP contribution in [0, 0.1) is 5.92 Å². The largest absolute Gasteiger partial charge is 0.303 e. The number of carbonyl (C=O) groups excluding carboxylic acids is 2. The molecule has 1 N–H and O–H groups in total. The molecule has 0 aromatic rings. The standard InChI is InChI=1S/C16H24N4O2S/c21-14-13(15(22)20(12-5-6-12)16(23)18-14)11-17-7-4-10-19-8-2-1-3-9-19/h11-13H,1-10H2,(H,18,21,23). The van der Waals surface area contributed by atoms with Crippen LogP contribution in [0.5, 0.6) is 0 Å². The van der Waals surface area contributed by atoms with Gasteiger partial charge in [0.25, 0.3) is 0 Å². The van der Waals surface area contributed by atoms with Crippen LogP contribution in [0.1, 0.15) is 38.5 Å². The Hall–Kier alpha value is -1.34. The third-order valence-corrected chi connectivity index (χ3v) is 4.91. The van der Waals surface area contributed by atoms with Crippen molar-refractivity contribution in [3.05, 3.63) is 0 Å². The molecule has 3 aliphatic rings. The molecule has 2 heterocycles. The van der Waals surface area contributed by atoms with E-state index in [0.29, 0.717) is 6.54 Å². The zero-order valence-corrected chi connectivity index (χ0v) is 14.2. The minimum atomic E-state index is -0.822. The number of hydrogen-bond acceptors (Lipinski definition) is 5. The molecule has 6 nitrogen and oxygen atoms in total. The fraction of sp³-hybridized carbons (Fsp3) is 0.750. The summed E-state index contributed by atoms with van der Waals surface area (Å²) in [5, 5.41) is 2.87. The van der Waals surface area contributed by atoms with Gasteiger partial charge in [-0.3, -0.25) is 19.5 Å². The van der Waals surface area contributed by atoms with Crippen LogP contribution >= 0.6 is 12.2 Å². The highest BCUT2D eigenvalue weighted by molar-refractivity contribution is 7.80.